The number of rotatable bonds is 12. The first-order chi connectivity index (χ1) is 10.2. The lowest BCUT2D eigenvalue weighted by Gasteiger charge is -2.32. The van der Waals surface area contributed by atoms with Gasteiger partial charge in [-0.3, -0.25) is 4.79 Å². The third-order valence-corrected chi connectivity index (χ3v) is 4.84. The van der Waals surface area contributed by atoms with Gasteiger partial charge in [0.2, 0.25) is 5.91 Å². The van der Waals surface area contributed by atoms with Crippen molar-refractivity contribution in [3.05, 3.63) is 0 Å². The summed E-state index contributed by atoms with van der Waals surface area (Å²) in [7, 11) is 2.21. The monoisotopic (exact) mass is 315 g/mol. The van der Waals surface area contributed by atoms with E-state index in [-0.39, 0.29) is 11.9 Å². The van der Waals surface area contributed by atoms with Crippen LogP contribution < -0.4 is 16.8 Å². The molecule has 0 heterocycles. The van der Waals surface area contributed by atoms with Crippen LogP contribution in [0.3, 0.4) is 0 Å². The maximum absolute atomic E-state index is 12.2. The van der Waals surface area contributed by atoms with Crippen LogP contribution in [-0.2, 0) is 4.79 Å². The van der Waals surface area contributed by atoms with Gasteiger partial charge < -0.3 is 21.3 Å². The minimum absolute atomic E-state index is 0.0292. The Hall–Kier alpha value is -0.650. The van der Waals surface area contributed by atoms with Gasteiger partial charge in [0, 0.05) is 6.04 Å². The zero-order valence-electron chi connectivity index (χ0n) is 15.5. The van der Waals surface area contributed by atoms with E-state index in [1.807, 2.05) is 13.8 Å². The number of amides is 1. The van der Waals surface area contributed by atoms with Gasteiger partial charge in [0.25, 0.3) is 0 Å². The van der Waals surface area contributed by atoms with Crippen LogP contribution >= 0.6 is 0 Å². The highest BCUT2D eigenvalue weighted by Gasteiger charge is 2.28. The SMILES string of the molecule is CC[N+](C)(CC)CCNC(=O)C(C)(N)CCCCCC(C)N. The lowest BCUT2D eigenvalue weighted by molar-refractivity contribution is -0.904. The summed E-state index contributed by atoms with van der Waals surface area (Å²) in [4.78, 5) is 12.2. The minimum atomic E-state index is -0.768. The predicted molar refractivity (Wildman–Crippen MR) is 94.5 cm³/mol. The summed E-state index contributed by atoms with van der Waals surface area (Å²) in [6, 6.07) is 0.261. The van der Waals surface area contributed by atoms with Gasteiger partial charge >= 0.3 is 0 Å². The van der Waals surface area contributed by atoms with Gasteiger partial charge in [-0.2, -0.15) is 0 Å². The molecule has 22 heavy (non-hydrogen) atoms. The van der Waals surface area contributed by atoms with Gasteiger partial charge in [-0.1, -0.05) is 19.3 Å². The second-order valence-corrected chi connectivity index (χ2v) is 7.23. The molecule has 0 spiro atoms. The molecule has 5 heteroatoms. The summed E-state index contributed by atoms with van der Waals surface area (Å²) < 4.78 is 0.971. The lowest BCUT2D eigenvalue weighted by atomic mass is 9.94. The van der Waals surface area contributed by atoms with Crippen molar-refractivity contribution in [1.82, 2.24) is 5.32 Å². The van der Waals surface area contributed by atoms with E-state index >= 15 is 0 Å². The molecule has 2 unspecified atom stereocenters. The van der Waals surface area contributed by atoms with Crippen LogP contribution in [0.25, 0.3) is 0 Å². The third-order valence-electron chi connectivity index (χ3n) is 4.84. The van der Waals surface area contributed by atoms with E-state index in [1.54, 1.807) is 0 Å². The molecule has 1 amide bonds. The Bertz CT molecular complexity index is 312. The van der Waals surface area contributed by atoms with Gasteiger partial charge in [0.1, 0.15) is 0 Å². The molecule has 0 aromatic rings. The molecule has 2 atom stereocenters. The number of unbranched alkanes of at least 4 members (excludes halogenated alkanes) is 2. The molecular weight excluding hydrogens is 276 g/mol. The van der Waals surface area contributed by atoms with Gasteiger partial charge in [0.05, 0.1) is 38.8 Å². The van der Waals surface area contributed by atoms with Crippen LogP contribution in [-0.4, -0.2) is 55.2 Å². The van der Waals surface area contributed by atoms with Crippen molar-refractivity contribution in [1.29, 1.82) is 0 Å². The Morgan fingerprint density at radius 3 is 2.32 bits per heavy atom. The fourth-order valence-electron chi connectivity index (χ4n) is 2.43. The van der Waals surface area contributed by atoms with Crippen molar-refractivity contribution in [2.75, 3.05) is 33.2 Å². The lowest BCUT2D eigenvalue weighted by Crippen LogP contribution is -2.54. The van der Waals surface area contributed by atoms with E-state index < -0.39 is 5.54 Å². The van der Waals surface area contributed by atoms with Gasteiger partial charge in [-0.05, 0) is 40.5 Å². The van der Waals surface area contributed by atoms with E-state index in [0.717, 1.165) is 56.2 Å². The maximum atomic E-state index is 12.2. The molecule has 0 saturated carbocycles. The number of hydrogen-bond acceptors (Lipinski definition) is 3. The molecule has 0 radical (unpaired) electrons. The standard InChI is InChI=1S/C17H38N4O/c1-6-21(5,7-2)14-13-20-16(22)17(4,19)12-10-8-9-11-15(3)18/h15H,6-14,18-19H2,1-5H3/p+1. The Morgan fingerprint density at radius 1 is 1.23 bits per heavy atom. The molecule has 0 rings (SSSR count). The quantitative estimate of drug-likeness (QED) is 0.378. The summed E-state index contributed by atoms with van der Waals surface area (Å²) in [5.74, 6) is -0.0292. The van der Waals surface area contributed by atoms with Crippen LogP contribution in [0.5, 0.6) is 0 Å². The molecule has 5 nitrogen and oxygen atoms in total. The fraction of sp³-hybridized carbons (Fsp3) is 0.941. The average molecular weight is 316 g/mol. The van der Waals surface area contributed by atoms with Crippen molar-refractivity contribution in [3.63, 3.8) is 0 Å². The van der Waals surface area contributed by atoms with Crippen LogP contribution in [0.15, 0.2) is 0 Å². The first-order valence-electron chi connectivity index (χ1n) is 8.83. The number of likely N-dealkylation sites (N-methyl/N-ethyl adjacent to an activating group) is 1. The van der Waals surface area contributed by atoms with Crippen molar-refractivity contribution in [2.24, 2.45) is 11.5 Å². The summed E-state index contributed by atoms with van der Waals surface area (Å²) in [5.41, 5.74) is 11.1. The topological polar surface area (TPSA) is 81.1 Å². The fourth-order valence-corrected chi connectivity index (χ4v) is 2.43. The number of hydrogen-bond donors (Lipinski definition) is 3. The Kier molecular flexibility index (Phi) is 9.89. The Morgan fingerprint density at radius 2 is 1.82 bits per heavy atom. The van der Waals surface area contributed by atoms with Crippen LogP contribution in [0.1, 0.15) is 59.8 Å². The highest BCUT2D eigenvalue weighted by molar-refractivity contribution is 5.85. The number of nitrogens with two attached hydrogens (primary N) is 2. The zero-order valence-corrected chi connectivity index (χ0v) is 15.5. The average Bonchev–Trinajstić information content (AvgIpc) is 2.46. The van der Waals surface area contributed by atoms with Crippen molar-refractivity contribution >= 4 is 5.91 Å². The molecule has 132 valence electrons. The van der Waals surface area contributed by atoms with E-state index in [2.05, 4.69) is 26.2 Å². The number of nitrogens with one attached hydrogen (secondary N) is 1. The molecule has 0 bridgehead atoms. The highest BCUT2D eigenvalue weighted by atomic mass is 16.2. The second-order valence-electron chi connectivity index (χ2n) is 7.23. The smallest absolute Gasteiger partial charge is 0.240 e. The van der Waals surface area contributed by atoms with Crippen molar-refractivity contribution in [2.45, 2.75) is 71.4 Å². The van der Waals surface area contributed by atoms with Crippen molar-refractivity contribution in [3.8, 4) is 0 Å². The molecule has 0 aliphatic rings. The molecule has 0 aromatic carbocycles. The van der Waals surface area contributed by atoms with E-state index in [4.69, 9.17) is 11.5 Å². The zero-order chi connectivity index (χ0) is 17.2. The van der Waals surface area contributed by atoms with Crippen LogP contribution in [0.2, 0.25) is 0 Å². The van der Waals surface area contributed by atoms with E-state index in [0.29, 0.717) is 6.54 Å². The Balaban J connectivity index is 4.02. The largest absolute Gasteiger partial charge is 0.349 e. The molecule has 0 aliphatic carbocycles. The van der Waals surface area contributed by atoms with E-state index in [9.17, 15) is 4.79 Å². The molecule has 0 aromatic heterocycles. The molecular formula is C17H39N4O+. The van der Waals surface area contributed by atoms with Crippen LogP contribution in [0.4, 0.5) is 0 Å². The minimum Gasteiger partial charge on any atom is -0.349 e. The van der Waals surface area contributed by atoms with Gasteiger partial charge in [-0.25, -0.2) is 0 Å². The summed E-state index contributed by atoms with van der Waals surface area (Å²) in [5, 5.41) is 3.01. The van der Waals surface area contributed by atoms with E-state index in [1.165, 1.54) is 0 Å². The first-order valence-corrected chi connectivity index (χ1v) is 8.83. The Labute approximate surface area is 137 Å². The molecule has 0 aliphatic heterocycles. The number of quaternary nitrogens is 1. The molecule has 5 N–H and O–H groups in total. The number of nitrogens with zero attached hydrogens (tertiary/aromatic N) is 1. The summed E-state index contributed by atoms with van der Waals surface area (Å²) in [6.07, 6.45) is 4.94. The highest BCUT2D eigenvalue weighted by Crippen LogP contribution is 2.13. The van der Waals surface area contributed by atoms with Gasteiger partial charge in [-0.15, -0.1) is 0 Å². The third kappa shape index (κ3) is 8.71. The normalized spacial score (nSPS) is 16.1. The van der Waals surface area contributed by atoms with Crippen molar-refractivity contribution < 1.29 is 9.28 Å². The predicted octanol–water partition coefficient (Wildman–Crippen LogP) is 1.60. The second kappa shape index (κ2) is 10.2. The molecule has 0 fully saturated rings. The number of carbonyl (C=O) groups is 1. The van der Waals surface area contributed by atoms with Crippen LogP contribution in [0, 0.1) is 0 Å². The van der Waals surface area contributed by atoms with Gasteiger partial charge in [0.15, 0.2) is 0 Å². The molecule has 0 saturated heterocycles. The number of carbonyl (C=O) groups excluding carboxylic acids is 1. The first kappa shape index (κ1) is 21.4. The summed E-state index contributed by atoms with van der Waals surface area (Å²) >= 11 is 0. The summed E-state index contributed by atoms with van der Waals surface area (Å²) in [6.45, 7) is 12.0. The maximum Gasteiger partial charge on any atom is 0.240 e.